The molecule has 0 saturated carbocycles. The van der Waals surface area contributed by atoms with E-state index in [1.54, 1.807) is 50.2 Å². The zero-order chi connectivity index (χ0) is 35.7. The lowest BCUT2D eigenvalue weighted by Gasteiger charge is -2.33. The number of fused-ring (bicyclic) bond motifs is 1. The van der Waals surface area contributed by atoms with Crippen LogP contribution in [0, 0.1) is 17.8 Å². The first-order valence-electron chi connectivity index (χ1n) is 16.0. The number of anilines is 2. The van der Waals surface area contributed by atoms with Crippen molar-refractivity contribution in [3.05, 3.63) is 53.7 Å². The molecule has 2 heterocycles. The number of carbonyl (C=O) groups is 2. The van der Waals surface area contributed by atoms with Crippen LogP contribution in [0.1, 0.15) is 36.3 Å². The quantitative estimate of drug-likeness (QED) is 0.130. The van der Waals surface area contributed by atoms with Crippen LogP contribution in [0.4, 0.5) is 28.9 Å². The van der Waals surface area contributed by atoms with Gasteiger partial charge in [0.2, 0.25) is 0 Å². The standard InChI is InChI=1S/C35H43F4N5O5/c1-22(2)34(46)49-25(20-47-4)18-41-33(45)23-11-12-30(32(16-23)48-5)40-14-7-8-24-17-26-28(42-29-13-15-43(3)19-27(29)36)9-6-10-31(26)44(24)21-35(37,38)39/h6,9-12,16-17,22,25,27,29,40,42H,13-15,18-21H2,1-5H3,(H,41,45)/t25?,27-,29+/m0/s1. The molecule has 0 radical (unpaired) electrons. The van der Waals surface area contributed by atoms with E-state index in [1.807, 2.05) is 11.9 Å². The van der Waals surface area contributed by atoms with Gasteiger partial charge in [-0.15, -0.1) is 0 Å². The first-order chi connectivity index (χ1) is 23.3. The number of hydrogen-bond donors (Lipinski definition) is 3. The molecule has 49 heavy (non-hydrogen) atoms. The Morgan fingerprint density at radius 3 is 2.55 bits per heavy atom. The number of nitrogens with zero attached hydrogens (tertiary/aromatic N) is 2. The minimum atomic E-state index is -4.49. The van der Waals surface area contributed by atoms with Crippen molar-refractivity contribution in [2.45, 2.75) is 51.3 Å². The molecule has 1 aliphatic rings. The van der Waals surface area contributed by atoms with Crippen LogP contribution < -0.4 is 20.7 Å². The normalized spacial score (nSPS) is 17.3. The molecule has 1 aliphatic heterocycles. The van der Waals surface area contributed by atoms with Crippen molar-refractivity contribution in [1.82, 2.24) is 14.8 Å². The minimum Gasteiger partial charge on any atom is -0.495 e. The summed E-state index contributed by atoms with van der Waals surface area (Å²) in [5.74, 6) is 4.93. The molecule has 1 aromatic heterocycles. The first-order valence-corrected chi connectivity index (χ1v) is 16.0. The third-order valence-electron chi connectivity index (χ3n) is 8.01. The maximum atomic E-state index is 14.8. The average Bonchev–Trinajstić information content (AvgIpc) is 3.39. The number of piperidine rings is 1. The molecule has 3 atom stereocenters. The Hall–Kier alpha value is -4.48. The van der Waals surface area contributed by atoms with Gasteiger partial charge in [-0.1, -0.05) is 25.8 Å². The highest BCUT2D eigenvalue weighted by atomic mass is 19.4. The van der Waals surface area contributed by atoms with Gasteiger partial charge in [-0.2, -0.15) is 13.2 Å². The van der Waals surface area contributed by atoms with Crippen molar-refractivity contribution in [3.8, 4) is 17.6 Å². The third-order valence-corrected chi connectivity index (χ3v) is 8.01. The van der Waals surface area contributed by atoms with Crippen LogP contribution in [0.25, 0.3) is 10.9 Å². The summed E-state index contributed by atoms with van der Waals surface area (Å²) in [5, 5.41) is 9.55. The molecule has 1 unspecified atom stereocenters. The summed E-state index contributed by atoms with van der Waals surface area (Å²) in [5.41, 5.74) is 1.85. The van der Waals surface area contributed by atoms with E-state index in [1.165, 1.54) is 20.3 Å². The van der Waals surface area contributed by atoms with Crippen molar-refractivity contribution >= 4 is 34.2 Å². The Morgan fingerprint density at radius 2 is 1.88 bits per heavy atom. The van der Waals surface area contributed by atoms with E-state index in [0.29, 0.717) is 46.6 Å². The highest BCUT2D eigenvalue weighted by Gasteiger charge is 2.31. The topological polar surface area (TPSA) is 106 Å². The van der Waals surface area contributed by atoms with E-state index in [4.69, 9.17) is 14.2 Å². The van der Waals surface area contributed by atoms with E-state index >= 15 is 0 Å². The Bertz CT molecular complexity index is 1670. The molecular formula is C35H43F4N5O5. The molecule has 2 aromatic carbocycles. The van der Waals surface area contributed by atoms with Gasteiger partial charge >= 0.3 is 12.1 Å². The largest absolute Gasteiger partial charge is 0.495 e. The van der Waals surface area contributed by atoms with Gasteiger partial charge in [-0.25, -0.2) is 4.39 Å². The fourth-order valence-corrected chi connectivity index (χ4v) is 5.46. The van der Waals surface area contributed by atoms with Gasteiger partial charge in [0.05, 0.1) is 55.7 Å². The van der Waals surface area contributed by atoms with Crippen LogP contribution in [0.2, 0.25) is 0 Å². The highest BCUT2D eigenvalue weighted by molar-refractivity contribution is 5.95. The SMILES string of the molecule is COCC(CNC(=O)c1ccc(NCC#Cc2cc3c(N[C@@H]4CCN(C)C[C@@H]4F)cccc3n2CC(F)(F)F)c(OC)c1)OC(=O)C(C)C. The zero-order valence-corrected chi connectivity index (χ0v) is 28.2. The molecule has 1 saturated heterocycles. The van der Waals surface area contributed by atoms with E-state index < -0.39 is 42.9 Å². The predicted octanol–water partition coefficient (Wildman–Crippen LogP) is 5.07. The van der Waals surface area contributed by atoms with Crippen LogP contribution >= 0.6 is 0 Å². The predicted molar refractivity (Wildman–Crippen MR) is 180 cm³/mol. The molecule has 0 aliphatic carbocycles. The Labute approximate surface area is 283 Å². The van der Waals surface area contributed by atoms with E-state index in [2.05, 4.69) is 27.8 Å². The van der Waals surface area contributed by atoms with Gasteiger partial charge in [0.1, 0.15) is 24.6 Å². The molecule has 0 spiro atoms. The van der Waals surface area contributed by atoms with Crippen LogP contribution in [-0.4, -0.2) is 99.9 Å². The number of ether oxygens (including phenoxy) is 3. The van der Waals surface area contributed by atoms with Gasteiger partial charge in [-0.05, 0) is 55.8 Å². The number of halogens is 4. The number of nitrogens with one attached hydrogen (secondary N) is 3. The lowest BCUT2D eigenvalue weighted by Crippen LogP contribution is -2.46. The third kappa shape index (κ3) is 10.3. The van der Waals surface area contributed by atoms with Crippen LogP contribution in [-0.2, 0) is 20.8 Å². The van der Waals surface area contributed by atoms with Gasteiger partial charge in [0, 0.05) is 36.8 Å². The second-order valence-electron chi connectivity index (χ2n) is 12.2. The number of hydrogen-bond acceptors (Lipinski definition) is 8. The fourth-order valence-electron chi connectivity index (χ4n) is 5.46. The van der Waals surface area contributed by atoms with E-state index in [0.717, 1.165) is 4.57 Å². The molecule has 266 valence electrons. The van der Waals surface area contributed by atoms with Crippen LogP contribution in [0.15, 0.2) is 42.5 Å². The number of carbonyl (C=O) groups excluding carboxylic acids is 2. The molecule has 3 N–H and O–H groups in total. The Balaban J connectivity index is 1.47. The molecular weight excluding hydrogens is 646 g/mol. The number of likely N-dealkylation sites (tertiary alicyclic amines) is 1. The molecule has 10 nitrogen and oxygen atoms in total. The molecule has 1 fully saturated rings. The number of aromatic nitrogens is 1. The maximum absolute atomic E-state index is 14.8. The smallest absolute Gasteiger partial charge is 0.406 e. The molecule has 3 aromatic rings. The van der Waals surface area contributed by atoms with Crippen molar-refractivity contribution in [2.75, 3.05) is 64.7 Å². The Morgan fingerprint density at radius 1 is 1.10 bits per heavy atom. The summed E-state index contributed by atoms with van der Waals surface area (Å²) in [6, 6.07) is 10.8. The molecule has 0 bridgehead atoms. The summed E-state index contributed by atoms with van der Waals surface area (Å²) < 4.78 is 72.8. The lowest BCUT2D eigenvalue weighted by atomic mass is 10.0. The maximum Gasteiger partial charge on any atom is 0.406 e. The number of amides is 1. The zero-order valence-electron chi connectivity index (χ0n) is 28.2. The van der Waals surface area contributed by atoms with Gasteiger partial charge < -0.3 is 39.6 Å². The second kappa shape index (κ2) is 16.8. The second-order valence-corrected chi connectivity index (χ2v) is 12.2. The first kappa shape index (κ1) is 37.3. The van der Waals surface area contributed by atoms with Crippen LogP contribution in [0.3, 0.4) is 0 Å². The van der Waals surface area contributed by atoms with Crippen molar-refractivity contribution in [1.29, 1.82) is 0 Å². The molecule has 1 amide bonds. The summed E-state index contributed by atoms with van der Waals surface area (Å²) in [6.07, 6.45) is -5.71. The summed E-state index contributed by atoms with van der Waals surface area (Å²) in [6.45, 7) is 3.38. The number of alkyl halides is 4. The van der Waals surface area contributed by atoms with Crippen molar-refractivity contribution in [3.63, 3.8) is 0 Å². The molecule has 14 heteroatoms. The summed E-state index contributed by atoms with van der Waals surface area (Å²) in [4.78, 5) is 26.7. The van der Waals surface area contributed by atoms with Gasteiger partial charge in [0.15, 0.2) is 0 Å². The van der Waals surface area contributed by atoms with Gasteiger partial charge in [-0.3, -0.25) is 9.59 Å². The monoisotopic (exact) mass is 689 g/mol. The number of esters is 1. The number of rotatable bonds is 13. The average molecular weight is 690 g/mol. The fraction of sp³-hybridized carbons (Fsp3) is 0.486. The lowest BCUT2D eigenvalue weighted by molar-refractivity contribution is -0.155. The number of benzene rings is 2. The Kier molecular flexibility index (Phi) is 12.8. The summed E-state index contributed by atoms with van der Waals surface area (Å²) in [7, 11) is 4.75. The van der Waals surface area contributed by atoms with Crippen LogP contribution in [0.5, 0.6) is 5.75 Å². The van der Waals surface area contributed by atoms with E-state index in [9.17, 15) is 27.2 Å². The minimum absolute atomic E-state index is 0.0419. The van der Waals surface area contributed by atoms with Crippen molar-refractivity contribution in [2.24, 2.45) is 5.92 Å². The van der Waals surface area contributed by atoms with Crippen molar-refractivity contribution < 1.29 is 41.4 Å². The summed E-state index contributed by atoms with van der Waals surface area (Å²) >= 11 is 0. The van der Waals surface area contributed by atoms with E-state index in [-0.39, 0.29) is 37.9 Å². The highest BCUT2D eigenvalue weighted by Crippen LogP contribution is 2.32. The number of methoxy groups -OCH3 is 2. The van der Waals surface area contributed by atoms with Gasteiger partial charge in [0.25, 0.3) is 5.91 Å². The molecule has 4 rings (SSSR count).